The molecule has 1 saturated heterocycles. The normalized spacial score (nSPS) is 19.2. The van der Waals surface area contributed by atoms with E-state index in [-0.39, 0.29) is 17.4 Å². The van der Waals surface area contributed by atoms with Gasteiger partial charge in [0.05, 0.1) is 12.9 Å². The van der Waals surface area contributed by atoms with Crippen LogP contribution in [0.5, 0.6) is 5.75 Å². The maximum atomic E-state index is 12.1. The number of methoxy groups -OCH3 is 1. The lowest BCUT2D eigenvalue weighted by Gasteiger charge is -2.31. The van der Waals surface area contributed by atoms with Crippen molar-refractivity contribution in [2.24, 2.45) is 0 Å². The molecule has 8 heteroatoms. The first-order valence-electron chi connectivity index (χ1n) is 8.90. The molecule has 144 valence electrons. The molecule has 0 spiro atoms. The summed E-state index contributed by atoms with van der Waals surface area (Å²) in [5, 5.41) is 10.4. The number of aromatic nitrogens is 2. The van der Waals surface area contributed by atoms with Crippen LogP contribution in [0.2, 0.25) is 0 Å². The number of nitrogens with zero attached hydrogens (tertiary/aromatic N) is 2. The van der Waals surface area contributed by atoms with Gasteiger partial charge in [-0.25, -0.2) is 0 Å². The summed E-state index contributed by atoms with van der Waals surface area (Å²) in [4.78, 5) is 16.5. The maximum Gasteiger partial charge on any atom is 0.237 e. The van der Waals surface area contributed by atoms with Crippen LogP contribution in [0, 0.1) is 0 Å². The van der Waals surface area contributed by atoms with Gasteiger partial charge in [0.15, 0.2) is 0 Å². The Kier molecular flexibility index (Phi) is 5.59. The SMILES string of the molecule is COc1cccc(-c2noc(CSC3NC(=O)CC(c4ccccc4)N3)n2)c1. The summed E-state index contributed by atoms with van der Waals surface area (Å²) >= 11 is 1.50. The minimum Gasteiger partial charge on any atom is -0.497 e. The Bertz CT molecular complexity index is 947. The van der Waals surface area contributed by atoms with Crippen LogP contribution in [-0.2, 0) is 10.5 Å². The third kappa shape index (κ3) is 4.35. The Morgan fingerprint density at radius 3 is 2.89 bits per heavy atom. The van der Waals surface area contributed by atoms with Crippen molar-refractivity contribution in [3.63, 3.8) is 0 Å². The van der Waals surface area contributed by atoms with Gasteiger partial charge in [-0.15, -0.1) is 11.8 Å². The molecule has 0 bridgehead atoms. The fourth-order valence-electron chi connectivity index (χ4n) is 3.01. The Morgan fingerprint density at radius 1 is 1.21 bits per heavy atom. The van der Waals surface area contributed by atoms with Gasteiger partial charge in [-0.2, -0.15) is 4.98 Å². The zero-order valence-electron chi connectivity index (χ0n) is 15.3. The van der Waals surface area contributed by atoms with E-state index in [1.165, 1.54) is 11.8 Å². The van der Waals surface area contributed by atoms with Gasteiger partial charge < -0.3 is 14.6 Å². The van der Waals surface area contributed by atoms with Gasteiger partial charge in [0.25, 0.3) is 0 Å². The quantitative estimate of drug-likeness (QED) is 0.662. The van der Waals surface area contributed by atoms with E-state index in [1.807, 2.05) is 54.6 Å². The first-order valence-corrected chi connectivity index (χ1v) is 9.95. The second-order valence-corrected chi connectivity index (χ2v) is 7.43. The van der Waals surface area contributed by atoms with E-state index in [9.17, 15) is 4.79 Å². The van der Waals surface area contributed by atoms with Crippen molar-refractivity contribution in [2.45, 2.75) is 23.7 Å². The highest BCUT2D eigenvalue weighted by Gasteiger charge is 2.27. The molecule has 3 aromatic rings. The van der Waals surface area contributed by atoms with E-state index in [4.69, 9.17) is 9.26 Å². The molecule has 4 rings (SSSR count). The van der Waals surface area contributed by atoms with E-state index in [0.29, 0.717) is 23.9 Å². The van der Waals surface area contributed by atoms with Crippen LogP contribution in [0.15, 0.2) is 59.1 Å². The van der Waals surface area contributed by atoms with Crippen molar-refractivity contribution in [3.05, 3.63) is 66.1 Å². The van der Waals surface area contributed by atoms with Crippen LogP contribution in [0.25, 0.3) is 11.4 Å². The third-order valence-corrected chi connectivity index (χ3v) is 5.41. The van der Waals surface area contributed by atoms with Gasteiger partial charge in [-0.05, 0) is 17.7 Å². The summed E-state index contributed by atoms with van der Waals surface area (Å²) in [7, 11) is 1.62. The maximum absolute atomic E-state index is 12.1. The monoisotopic (exact) mass is 396 g/mol. The number of amides is 1. The summed E-state index contributed by atoms with van der Waals surface area (Å²) in [6.07, 6.45) is 0.418. The van der Waals surface area contributed by atoms with Crippen molar-refractivity contribution in [1.82, 2.24) is 20.8 Å². The summed E-state index contributed by atoms with van der Waals surface area (Å²) in [5.74, 6) is 2.25. The molecule has 2 heterocycles. The lowest BCUT2D eigenvalue weighted by Crippen LogP contribution is -2.50. The van der Waals surface area contributed by atoms with Gasteiger partial charge in [-0.1, -0.05) is 47.6 Å². The minimum atomic E-state index is -0.223. The predicted molar refractivity (Wildman–Crippen MR) is 106 cm³/mol. The Labute approximate surface area is 166 Å². The second-order valence-electron chi connectivity index (χ2n) is 6.34. The third-order valence-electron chi connectivity index (χ3n) is 4.41. The molecular weight excluding hydrogens is 376 g/mol. The molecule has 1 aromatic heterocycles. The van der Waals surface area contributed by atoms with Crippen molar-refractivity contribution in [2.75, 3.05) is 7.11 Å². The average molecular weight is 396 g/mol. The first-order chi connectivity index (χ1) is 13.7. The standard InChI is InChI=1S/C20H20N4O3S/c1-26-15-9-5-8-14(10-15)19-23-18(27-24-19)12-28-20-21-16(11-17(25)22-20)13-6-3-2-4-7-13/h2-10,16,20-21H,11-12H2,1H3,(H,22,25). The Hall–Kier alpha value is -2.84. The fraction of sp³-hybridized carbons (Fsp3) is 0.250. The molecule has 1 aliphatic heterocycles. The number of nitrogens with one attached hydrogen (secondary N) is 2. The van der Waals surface area contributed by atoms with Crippen LogP contribution < -0.4 is 15.4 Å². The van der Waals surface area contributed by atoms with Crippen LogP contribution >= 0.6 is 11.8 Å². The number of hydrogen-bond donors (Lipinski definition) is 2. The number of ether oxygens (including phenoxy) is 1. The molecule has 2 N–H and O–H groups in total. The molecule has 2 aromatic carbocycles. The molecule has 1 fully saturated rings. The molecular formula is C20H20N4O3S. The minimum absolute atomic E-state index is 0.0116. The summed E-state index contributed by atoms with van der Waals surface area (Å²) in [6.45, 7) is 0. The largest absolute Gasteiger partial charge is 0.497 e. The van der Waals surface area contributed by atoms with Crippen LogP contribution in [0.4, 0.5) is 0 Å². The van der Waals surface area contributed by atoms with Crippen LogP contribution in [0.3, 0.4) is 0 Å². The van der Waals surface area contributed by atoms with E-state index < -0.39 is 0 Å². The Morgan fingerprint density at radius 2 is 2.07 bits per heavy atom. The van der Waals surface area contributed by atoms with Gasteiger partial charge in [-0.3, -0.25) is 10.1 Å². The van der Waals surface area contributed by atoms with Crippen molar-refractivity contribution < 1.29 is 14.1 Å². The summed E-state index contributed by atoms with van der Waals surface area (Å²) in [5.41, 5.74) is 1.70. The number of thioether (sulfide) groups is 1. The van der Waals surface area contributed by atoms with Gasteiger partial charge in [0.1, 0.15) is 11.2 Å². The van der Waals surface area contributed by atoms with E-state index in [1.54, 1.807) is 7.11 Å². The molecule has 0 radical (unpaired) electrons. The van der Waals surface area contributed by atoms with E-state index in [0.717, 1.165) is 16.9 Å². The molecule has 1 amide bonds. The number of rotatable bonds is 6. The number of carbonyl (C=O) groups is 1. The zero-order chi connectivity index (χ0) is 19.3. The first kappa shape index (κ1) is 18.5. The molecule has 1 aliphatic rings. The summed E-state index contributed by atoms with van der Waals surface area (Å²) in [6, 6.07) is 17.5. The van der Waals surface area contributed by atoms with Crippen LogP contribution in [0.1, 0.15) is 23.9 Å². The molecule has 2 unspecified atom stereocenters. The van der Waals surface area contributed by atoms with Gasteiger partial charge in [0, 0.05) is 18.0 Å². The fourth-order valence-corrected chi connectivity index (χ4v) is 3.91. The topological polar surface area (TPSA) is 89.3 Å². The van der Waals surface area contributed by atoms with Crippen LogP contribution in [-0.4, -0.2) is 28.7 Å². The zero-order valence-corrected chi connectivity index (χ0v) is 16.1. The molecule has 0 saturated carbocycles. The average Bonchev–Trinajstić information content (AvgIpc) is 3.22. The second kappa shape index (κ2) is 8.45. The van der Waals surface area contributed by atoms with Crippen molar-refractivity contribution in [1.29, 1.82) is 0 Å². The number of benzene rings is 2. The van der Waals surface area contributed by atoms with Gasteiger partial charge >= 0.3 is 0 Å². The molecule has 2 atom stereocenters. The smallest absolute Gasteiger partial charge is 0.237 e. The molecule has 0 aliphatic carbocycles. The predicted octanol–water partition coefficient (Wildman–Crippen LogP) is 3.11. The highest BCUT2D eigenvalue weighted by Crippen LogP contribution is 2.26. The van der Waals surface area contributed by atoms with E-state index >= 15 is 0 Å². The molecule has 28 heavy (non-hydrogen) atoms. The lowest BCUT2D eigenvalue weighted by molar-refractivity contribution is -0.123. The van der Waals surface area contributed by atoms with Crippen molar-refractivity contribution in [3.8, 4) is 17.1 Å². The highest BCUT2D eigenvalue weighted by atomic mass is 32.2. The number of carbonyl (C=O) groups excluding carboxylic acids is 1. The van der Waals surface area contributed by atoms with E-state index in [2.05, 4.69) is 20.8 Å². The van der Waals surface area contributed by atoms with Crippen molar-refractivity contribution >= 4 is 17.7 Å². The highest BCUT2D eigenvalue weighted by molar-refractivity contribution is 7.99. The lowest BCUT2D eigenvalue weighted by atomic mass is 10.0. The number of hydrogen-bond acceptors (Lipinski definition) is 7. The van der Waals surface area contributed by atoms with Gasteiger partial charge in [0.2, 0.25) is 17.6 Å². The summed E-state index contributed by atoms with van der Waals surface area (Å²) < 4.78 is 10.6. The Balaban J connectivity index is 1.39. The molecule has 7 nitrogen and oxygen atoms in total.